The summed E-state index contributed by atoms with van der Waals surface area (Å²) in [6.45, 7) is 4.48. The molecule has 262 valence electrons. The van der Waals surface area contributed by atoms with E-state index >= 15 is 0 Å². The molecule has 55 heavy (non-hydrogen) atoms. The number of benzene rings is 8. The summed E-state index contributed by atoms with van der Waals surface area (Å²) >= 11 is 0. The molecular weight excluding hydrogens is 671 g/mol. The molecule has 0 atom stereocenters. The first-order chi connectivity index (χ1) is 27.0. The number of rotatable bonds is 6. The predicted molar refractivity (Wildman–Crippen MR) is 230 cm³/mol. The molecule has 11 rings (SSSR count). The maximum Gasteiger partial charge on any atom is 0.135 e. The Morgan fingerprint density at radius 1 is 0.400 bits per heavy atom. The average molecular weight is 708 g/mol. The van der Waals surface area contributed by atoms with Crippen molar-refractivity contribution in [3.63, 3.8) is 0 Å². The van der Waals surface area contributed by atoms with E-state index in [2.05, 4.69) is 176 Å². The minimum absolute atomic E-state index is 0.513. The van der Waals surface area contributed by atoms with Gasteiger partial charge < -0.3 is 13.4 Å². The molecule has 0 fully saturated rings. The number of fused-ring (bicyclic) bond motifs is 9. The lowest BCUT2D eigenvalue weighted by molar-refractivity contribution is 0.668. The van der Waals surface area contributed by atoms with Gasteiger partial charge in [0.2, 0.25) is 0 Å². The highest BCUT2D eigenvalue weighted by Gasteiger charge is 2.16. The van der Waals surface area contributed by atoms with E-state index in [1.165, 1.54) is 60.8 Å². The van der Waals surface area contributed by atoms with Crippen LogP contribution in [-0.4, -0.2) is 4.57 Å². The first-order valence-electron chi connectivity index (χ1n) is 19.1. The average Bonchev–Trinajstić information content (AvgIpc) is 3.89. The van der Waals surface area contributed by atoms with Crippen LogP contribution in [0.2, 0.25) is 0 Å². The van der Waals surface area contributed by atoms with Crippen LogP contribution >= 0.6 is 0 Å². The van der Waals surface area contributed by atoms with E-state index in [9.17, 15) is 0 Å². The summed E-state index contributed by atoms with van der Waals surface area (Å²) in [7, 11) is 0. The number of hydrogen-bond acceptors (Lipinski definition) is 2. The van der Waals surface area contributed by atoms with E-state index in [1.54, 1.807) is 0 Å². The van der Waals surface area contributed by atoms with Crippen LogP contribution in [0.4, 0.5) is 0 Å². The smallest absolute Gasteiger partial charge is 0.135 e. The van der Waals surface area contributed by atoms with E-state index in [-0.39, 0.29) is 0 Å². The third kappa shape index (κ3) is 5.26. The number of aromatic nitrogens is 1. The van der Waals surface area contributed by atoms with E-state index in [1.807, 2.05) is 12.1 Å². The molecule has 0 radical (unpaired) electrons. The molecule has 8 aromatic carbocycles. The minimum Gasteiger partial charge on any atom is -0.456 e. The summed E-state index contributed by atoms with van der Waals surface area (Å²) < 4.78 is 15.0. The first-order valence-corrected chi connectivity index (χ1v) is 19.1. The van der Waals surface area contributed by atoms with E-state index in [4.69, 9.17) is 8.83 Å². The zero-order valence-corrected chi connectivity index (χ0v) is 30.7. The Labute approximate surface area is 318 Å². The van der Waals surface area contributed by atoms with Gasteiger partial charge in [0.25, 0.3) is 0 Å². The van der Waals surface area contributed by atoms with E-state index < -0.39 is 0 Å². The van der Waals surface area contributed by atoms with Crippen molar-refractivity contribution in [3.8, 4) is 27.9 Å². The first kappa shape index (κ1) is 31.7. The largest absolute Gasteiger partial charge is 0.456 e. The highest BCUT2D eigenvalue weighted by atomic mass is 16.3. The maximum atomic E-state index is 6.42. The predicted octanol–water partition coefficient (Wildman–Crippen LogP) is 14.6. The van der Waals surface area contributed by atoms with Gasteiger partial charge in [0.15, 0.2) is 0 Å². The van der Waals surface area contributed by atoms with Crippen molar-refractivity contribution in [2.75, 3.05) is 0 Å². The molecule has 11 aromatic rings. The zero-order valence-electron chi connectivity index (χ0n) is 30.7. The summed E-state index contributed by atoms with van der Waals surface area (Å²) in [5.74, 6) is 0.513. The molecule has 3 aromatic heterocycles. The van der Waals surface area contributed by atoms with E-state index in [0.29, 0.717) is 5.92 Å². The van der Waals surface area contributed by atoms with Gasteiger partial charge in [-0.1, -0.05) is 123 Å². The van der Waals surface area contributed by atoms with Crippen molar-refractivity contribution in [2.24, 2.45) is 0 Å². The molecule has 0 bridgehead atoms. The standard InChI is InChI=1S/C52H37NO2/c1-32(2)35-15-17-36(18-16-35)38-19-23-48-44(29-38)41-10-3-5-12-47(41)53(48)40-21-25-51-46(31-40)45-30-39(20-24-50(45)54-51)37-9-7-8-33(27-37)26-34-14-22-43-42-11-4-6-13-49(42)55-52(43)28-34/h3-25,27-32H,26H2,1-2H3. The quantitative estimate of drug-likeness (QED) is 0.172. The molecule has 3 heterocycles. The Balaban J connectivity index is 0.965. The van der Waals surface area contributed by atoms with Crippen LogP contribution in [0.1, 0.15) is 36.5 Å². The van der Waals surface area contributed by atoms with Gasteiger partial charge in [-0.2, -0.15) is 0 Å². The van der Waals surface area contributed by atoms with Crippen molar-refractivity contribution in [2.45, 2.75) is 26.2 Å². The fourth-order valence-corrected chi connectivity index (χ4v) is 8.55. The van der Waals surface area contributed by atoms with Crippen LogP contribution in [-0.2, 0) is 6.42 Å². The SMILES string of the molecule is CC(C)c1ccc(-c2ccc3c(c2)c2ccccc2n3-c2ccc3oc4ccc(-c5cccc(Cc6ccc7c(c6)oc6ccccc67)c5)cc4c3c2)cc1. The second kappa shape index (κ2) is 12.4. The number of hydrogen-bond donors (Lipinski definition) is 0. The summed E-state index contributed by atoms with van der Waals surface area (Å²) in [6.07, 6.45) is 0.825. The third-order valence-corrected chi connectivity index (χ3v) is 11.4. The summed E-state index contributed by atoms with van der Waals surface area (Å²) in [5.41, 5.74) is 15.8. The van der Waals surface area contributed by atoms with Crippen LogP contribution in [0.3, 0.4) is 0 Å². The van der Waals surface area contributed by atoms with Crippen LogP contribution in [0.5, 0.6) is 0 Å². The fourth-order valence-electron chi connectivity index (χ4n) is 8.55. The van der Waals surface area contributed by atoms with Gasteiger partial charge in [-0.15, -0.1) is 0 Å². The fraction of sp³-hybridized carbons (Fsp3) is 0.0769. The Morgan fingerprint density at radius 2 is 1.02 bits per heavy atom. The molecule has 0 spiro atoms. The normalized spacial score (nSPS) is 12.1. The zero-order chi connectivity index (χ0) is 36.6. The molecule has 0 unspecified atom stereocenters. The topological polar surface area (TPSA) is 31.2 Å². The number of furan rings is 2. The summed E-state index contributed by atoms with van der Waals surface area (Å²) in [6, 6.07) is 61.5. The molecule has 0 aliphatic carbocycles. The van der Waals surface area contributed by atoms with Gasteiger partial charge in [0, 0.05) is 38.0 Å². The Kier molecular flexibility index (Phi) is 7.12. The van der Waals surface area contributed by atoms with E-state index in [0.717, 1.165) is 56.0 Å². The molecule has 3 heteroatoms. The Bertz CT molecular complexity index is 3260. The molecule has 0 saturated carbocycles. The minimum atomic E-state index is 0.513. The molecule has 0 saturated heterocycles. The van der Waals surface area contributed by atoms with Crippen molar-refractivity contribution < 1.29 is 8.83 Å². The molecular formula is C52H37NO2. The molecule has 0 aliphatic heterocycles. The second-order valence-corrected chi connectivity index (χ2v) is 15.2. The maximum absolute atomic E-state index is 6.42. The van der Waals surface area contributed by atoms with Crippen molar-refractivity contribution in [1.29, 1.82) is 0 Å². The van der Waals surface area contributed by atoms with Crippen LogP contribution in [0.25, 0.3) is 93.6 Å². The molecule has 0 aliphatic rings. The highest BCUT2D eigenvalue weighted by molar-refractivity contribution is 6.12. The third-order valence-electron chi connectivity index (χ3n) is 11.4. The van der Waals surface area contributed by atoms with Crippen LogP contribution in [0, 0.1) is 0 Å². The Morgan fingerprint density at radius 3 is 1.89 bits per heavy atom. The van der Waals surface area contributed by atoms with Gasteiger partial charge in [-0.3, -0.25) is 0 Å². The lowest BCUT2D eigenvalue weighted by atomic mass is 9.97. The second-order valence-electron chi connectivity index (χ2n) is 15.2. The van der Waals surface area contributed by atoms with Crippen molar-refractivity contribution >= 4 is 65.7 Å². The number of nitrogens with zero attached hydrogens (tertiary/aromatic N) is 1. The van der Waals surface area contributed by atoms with Crippen molar-refractivity contribution in [1.82, 2.24) is 4.57 Å². The van der Waals surface area contributed by atoms with Gasteiger partial charge in [0.05, 0.1) is 11.0 Å². The summed E-state index contributed by atoms with van der Waals surface area (Å²) in [5, 5.41) is 7.04. The highest BCUT2D eigenvalue weighted by Crippen LogP contribution is 2.39. The number of para-hydroxylation sites is 2. The lowest BCUT2D eigenvalue weighted by Crippen LogP contribution is -1.93. The Hall–Kier alpha value is -6.84. The molecule has 3 nitrogen and oxygen atoms in total. The van der Waals surface area contributed by atoms with Gasteiger partial charge in [0.1, 0.15) is 22.3 Å². The van der Waals surface area contributed by atoms with Gasteiger partial charge in [-0.05, 0) is 112 Å². The monoisotopic (exact) mass is 707 g/mol. The molecule has 0 amide bonds. The van der Waals surface area contributed by atoms with Gasteiger partial charge in [-0.25, -0.2) is 0 Å². The van der Waals surface area contributed by atoms with Crippen molar-refractivity contribution in [3.05, 3.63) is 187 Å². The van der Waals surface area contributed by atoms with Crippen LogP contribution in [0.15, 0.2) is 179 Å². The lowest BCUT2D eigenvalue weighted by Gasteiger charge is -2.10. The summed E-state index contributed by atoms with van der Waals surface area (Å²) in [4.78, 5) is 0. The molecule has 0 N–H and O–H groups in total. The van der Waals surface area contributed by atoms with Gasteiger partial charge >= 0.3 is 0 Å². The van der Waals surface area contributed by atoms with Crippen LogP contribution < -0.4 is 0 Å².